The third-order valence-electron chi connectivity index (χ3n) is 3.58. The highest BCUT2D eigenvalue weighted by molar-refractivity contribution is 5.27. The van der Waals surface area contributed by atoms with Crippen LogP contribution in [-0.2, 0) is 19.4 Å². The molecule has 0 aliphatic carbocycles. The Labute approximate surface area is 126 Å². The highest BCUT2D eigenvalue weighted by atomic mass is 16.5. The molecule has 1 heterocycles. The van der Waals surface area contributed by atoms with Gasteiger partial charge in [-0.2, -0.15) is 0 Å². The van der Waals surface area contributed by atoms with E-state index in [0.717, 1.165) is 36.7 Å². The van der Waals surface area contributed by atoms with Crippen molar-refractivity contribution in [1.29, 1.82) is 0 Å². The summed E-state index contributed by atoms with van der Waals surface area (Å²) in [5, 5.41) is 3.45. The number of nitrogens with one attached hydrogen (secondary N) is 1. The molecule has 1 unspecified atom stereocenters. The predicted octanol–water partition coefficient (Wildman–Crippen LogP) is 3.36. The molecule has 0 amide bonds. The Morgan fingerprint density at radius 1 is 1.29 bits per heavy atom. The van der Waals surface area contributed by atoms with E-state index < -0.39 is 0 Å². The lowest BCUT2D eigenvalue weighted by molar-refractivity contribution is 0.412. The Bertz CT molecular complexity index is 534. The number of nitrogens with zero attached hydrogens (tertiary/aromatic N) is 1. The second-order valence-electron chi connectivity index (χ2n) is 5.24. The quantitative estimate of drug-likeness (QED) is 0.809. The van der Waals surface area contributed by atoms with Gasteiger partial charge in [0.1, 0.15) is 11.5 Å². The van der Waals surface area contributed by atoms with E-state index >= 15 is 0 Å². The molecule has 0 aliphatic rings. The zero-order valence-electron chi connectivity index (χ0n) is 13.1. The maximum Gasteiger partial charge on any atom is 0.208 e. The van der Waals surface area contributed by atoms with Crippen LogP contribution in [0.15, 0.2) is 34.9 Å². The number of hydrogen-bond donors (Lipinski definition) is 1. The Hall–Kier alpha value is -1.81. The molecule has 1 aromatic heterocycles. The average molecular weight is 288 g/mol. The van der Waals surface area contributed by atoms with Gasteiger partial charge in [0, 0.05) is 12.5 Å². The molecule has 0 saturated carbocycles. The van der Waals surface area contributed by atoms with Gasteiger partial charge in [-0.15, -0.1) is 0 Å². The van der Waals surface area contributed by atoms with Crippen molar-refractivity contribution in [2.45, 2.75) is 45.7 Å². The van der Waals surface area contributed by atoms with E-state index in [1.807, 2.05) is 12.1 Å². The first-order valence-corrected chi connectivity index (χ1v) is 7.51. The van der Waals surface area contributed by atoms with Crippen molar-refractivity contribution in [3.8, 4) is 5.75 Å². The largest absolute Gasteiger partial charge is 0.497 e. The Balaban J connectivity index is 1.72. The minimum atomic E-state index is 0.420. The number of hydrogen-bond acceptors (Lipinski definition) is 4. The first-order chi connectivity index (χ1) is 10.2. The highest BCUT2D eigenvalue weighted by Gasteiger charge is 2.06. The molecule has 0 bridgehead atoms. The van der Waals surface area contributed by atoms with E-state index in [4.69, 9.17) is 9.15 Å². The van der Waals surface area contributed by atoms with E-state index in [1.165, 1.54) is 5.56 Å². The molecule has 0 aliphatic heterocycles. The van der Waals surface area contributed by atoms with Crippen LogP contribution in [0.4, 0.5) is 0 Å². The standard InChI is InChI=1S/C17H24N2O2/c1-4-15-11-19-17(21-15)12-18-13(2)5-6-14-7-9-16(20-3)10-8-14/h7-11,13,18H,4-6,12H2,1-3H3. The predicted molar refractivity (Wildman–Crippen MR) is 83.5 cm³/mol. The summed E-state index contributed by atoms with van der Waals surface area (Å²) >= 11 is 0. The molecule has 1 aromatic carbocycles. The van der Waals surface area contributed by atoms with Gasteiger partial charge in [0.05, 0.1) is 19.9 Å². The summed E-state index contributed by atoms with van der Waals surface area (Å²) in [4.78, 5) is 4.25. The summed E-state index contributed by atoms with van der Waals surface area (Å²) in [6, 6.07) is 8.67. The maximum atomic E-state index is 5.58. The number of rotatable bonds is 8. The van der Waals surface area contributed by atoms with E-state index in [1.54, 1.807) is 13.3 Å². The summed E-state index contributed by atoms with van der Waals surface area (Å²) in [6.45, 7) is 4.94. The first kappa shape index (κ1) is 15.6. The number of oxazole rings is 1. The Kier molecular flexibility index (Phi) is 5.81. The molecule has 4 heteroatoms. The van der Waals surface area contributed by atoms with Gasteiger partial charge in [0.2, 0.25) is 5.89 Å². The summed E-state index contributed by atoms with van der Waals surface area (Å²) in [5.74, 6) is 2.61. The van der Waals surface area contributed by atoms with Crippen LogP contribution in [0.3, 0.4) is 0 Å². The van der Waals surface area contributed by atoms with Gasteiger partial charge in [-0.25, -0.2) is 4.98 Å². The van der Waals surface area contributed by atoms with Crippen LogP contribution in [-0.4, -0.2) is 18.1 Å². The monoisotopic (exact) mass is 288 g/mol. The lowest BCUT2D eigenvalue weighted by Gasteiger charge is -2.12. The number of methoxy groups -OCH3 is 1. The average Bonchev–Trinajstić information content (AvgIpc) is 2.99. The van der Waals surface area contributed by atoms with E-state index in [-0.39, 0.29) is 0 Å². The number of benzene rings is 1. The fraction of sp³-hybridized carbons (Fsp3) is 0.471. The Morgan fingerprint density at radius 3 is 2.67 bits per heavy atom. The molecule has 114 valence electrons. The highest BCUT2D eigenvalue weighted by Crippen LogP contribution is 2.13. The van der Waals surface area contributed by atoms with Crippen LogP contribution in [0.25, 0.3) is 0 Å². The number of aromatic nitrogens is 1. The topological polar surface area (TPSA) is 47.3 Å². The fourth-order valence-corrected chi connectivity index (χ4v) is 2.13. The molecule has 1 N–H and O–H groups in total. The van der Waals surface area contributed by atoms with Gasteiger partial charge >= 0.3 is 0 Å². The molecule has 0 radical (unpaired) electrons. The van der Waals surface area contributed by atoms with Crippen molar-refractivity contribution in [1.82, 2.24) is 10.3 Å². The minimum absolute atomic E-state index is 0.420. The van der Waals surface area contributed by atoms with Crippen molar-refractivity contribution in [2.75, 3.05) is 7.11 Å². The number of ether oxygens (including phenoxy) is 1. The third-order valence-corrected chi connectivity index (χ3v) is 3.58. The minimum Gasteiger partial charge on any atom is -0.497 e. The molecule has 2 aromatic rings. The molecule has 21 heavy (non-hydrogen) atoms. The zero-order chi connectivity index (χ0) is 15.1. The van der Waals surface area contributed by atoms with Crippen LogP contribution in [0.2, 0.25) is 0 Å². The van der Waals surface area contributed by atoms with Crippen LogP contribution in [0, 0.1) is 0 Å². The SMILES string of the molecule is CCc1cnc(CNC(C)CCc2ccc(OC)cc2)o1. The molecule has 0 saturated heterocycles. The lowest BCUT2D eigenvalue weighted by Crippen LogP contribution is -2.26. The van der Waals surface area contributed by atoms with Crippen molar-refractivity contribution in [2.24, 2.45) is 0 Å². The summed E-state index contributed by atoms with van der Waals surface area (Å²) in [7, 11) is 1.69. The van der Waals surface area contributed by atoms with Crippen LogP contribution in [0.1, 0.15) is 37.5 Å². The first-order valence-electron chi connectivity index (χ1n) is 7.51. The maximum absolute atomic E-state index is 5.58. The zero-order valence-corrected chi connectivity index (χ0v) is 13.1. The fourth-order valence-electron chi connectivity index (χ4n) is 2.13. The third kappa shape index (κ3) is 4.90. The van der Waals surface area contributed by atoms with E-state index in [9.17, 15) is 0 Å². The molecule has 0 spiro atoms. The van der Waals surface area contributed by atoms with Gasteiger partial charge in [-0.05, 0) is 37.5 Å². The molecular formula is C17H24N2O2. The second-order valence-corrected chi connectivity index (χ2v) is 5.24. The van der Waals surface area contributed by atoms with E-state index in [2.05, 4.69) is 36.3 Å². The van der Waals surface area contributed by atoms with Gasteiger partial charge in [-0.3, -0.25) is 0 Å². The number of aryl methyl sites for hydroxylation is 2. The normalized spacial score (nSPS) is 12.3. The second kappa shape index (κ2) is 7.84. The van der Waals surface area contributed by atoms with Gasteiger partial charge in [0.15, 0.2) is 0 Å². The smallest absolute Gasteiger partial charge is 0.208 e. The Morgan fingerprint density at radius 2 is 2.05 bits per heavy atom. The van der Waals surface area contributed by atoms with Gasteiger partial charge in [0.25, 0.3) is 0 Å². The van der Waals surface area contributed by atoms with Gasteiger partial charge in [-0.1, -0.05) is 19.1 Å². The van der Waals surface area contributed by atoms with Crippen LogP contribution >= 0.6 is 0 Å². The van der Waals surface area contributed by atoms with Crippen molar-refractivity contribution in [3.05, 3.63) is 47.7 Å². The molecule has 0 fully saturated rings. The molecule has 4 nitrogen and oxygen atoms in total. The van der Waals surface area contributed by atoms with E-state index in [0.29, 0.717) is 12.6 Å². The summed E-state index contributed by atoms with van der Waals surface area (Å²) in [6.07, 6.45) is 4.82. The van der Waals surface area contributed by atoms with Gasteiger partial charge < -0.3 is 14.5 Å². The molecular weight excluding hydrogens is 264 g/mol. The molecule has 2 rings (SSSR count). The van der Waals surface area contributed by atoms with Crippen LogP contribution in [0.5, 0.6) is 5.75 Å². The summed E-state index contributed by atoms with van der Waals surface area (Å²) < 4.78 is 10.7. The van der Waals surface area contributed by atoms with Crippen LogP contribution < -0.4 is 10.1 Å². The molecule has 1 atom stereocenters. The van der Waals surface area contributed by atoms with Crippen molar-refractivity contribution >= 4 is 0 Å². The lowest BCUT2D eigenvalue weighted by atomic mass is 10.1. The van der Waals surface area contributed by atoms with Crippen molar-refractivity contribution in [3.63, 3.8) is 0 Å². The van der Waals surface area contributed by atoms with Crippen molar-refractivity contribution < 1.29 is 9.15 Å². The summed E-state index contributed by atoms with van der Waals surface area (Å²) in [5.41, 5.74) is 1.33.